The molecule has 1 aliphatic carbocycles. The normalized spacial score (nSPS) is 31.0. The zero-order chi connectivity index (χ0) is 6.97. The van der Waals surface area contributed by atoms with E-state index in [1.807, 2.05) is 0 Å². The van der Waals surface area contributed by atoms with Crippen molar-refractivity contribution >= 4 is 5.97 Å². The third-order valence-corrected chi connectivity index (χ3v) is 2.27. The molecule has 2 heteroatoms. The Kier molecular flexibility index (Phi) is 1.26. The molecule has 2 rings (SSSR count). The summed E-state index contributed by atoms with van der Waals surface area (Å²) in [5, 5.41) is 0. The molecule has 1 unspecified atom stereocenters. The van der Waals surface area contributed by atoms with E-state index in [4.69, 9.17) is 4.74 Å². The van der Waals surface area contributed by atoms with E-state index in [2.05, 4.69) is 0 Å². The Balaban J connectivity index is 2.23. The van der Waals surface area contributed by atoms with Crippen molar-refractivity contribution in [2.75, 3.05) is 6.61 Å². The first-order chi connectivity index (χ1) is 4.86. The molecule has 0 N–H and O–H groups in total. The van der Waals surface area contributed by atoms with E-state index in [0.29, 0.717) is 12.5 Å². The number of ether oxygens (including phenoxy) is 1. The highest BCUT2D eigenvalue weighted by Gasteiger charge is 2.26. The van der Waals surface area contributed by atoms with Crippen LogP contribution in [0.1, 0.15) is 19.3 Å². The molecule has 0 amide bonds. The second-order valence-corrected chi connectivity index (χ2v) is 2.94. The first kappa shape index (κ1) is 5.96. The van der Waals surface area contributed by atoms with Gasteiger partial charge in [0.25, 0.3) is 0 Å². The fraction of sp³-hybridized carbons (Fsp3) is 0.625. The van der Waals surface area contributed by atoms with E-state index in [1.54, 1.807) is 6.08 Å². The molecule has 54 valence electrons. The number of fused-ring (bicyclic) bond motifs is 1. The molecule has 2 nitrogen and oxygen atoms in total. The molecular formula is C8H10O2. The van der Waals surface area contributed by atoms with Gasteiger partial charge in [0.05, 0.1) is 6.61 Å². The average molecular weight is 138 g/mol. The molecule has 0 spiro atoms. The first-order valence-electron chi connectivity index (χ1n) is 3.73. The summed E-state index contributed by atoms with van der Waals surface area (Å²) in [6.45, 7) is 0.630. The fourth-order valence-corrected chi connectivity index (χ4v) is 1.70. The Morgan fingerprint density at radius 2 is 2.50 bits per heavy atom. The Morgan fingerprint density at radius 3 is 3.40 bits per heavy atom. The maximum Gasteiger partial charge on any atom is 0.330 e. The van der Waals surface area contributed by atoms with Gasteiger partial charge in [0.1, 0.15) is 0 Å². The molecule has 1 fully saturated rings. The molecule has 0 saturated heterocycles. The molecule has 0 radical (unpaired) electrons. The Hall–Kier alpha value is -0.790. The average Bonchev–Trinajstić information content (AvgIpc) is 2.33. The van der Waals surface area contributed by atoms with Crippen molar-refractivity contribution in [3.05, 3.63) is 11.6 Å². The van der Waals surface area contributed by atoms with Gasteiger partial charge in [-0.3, -0.25) is 0 Å². The van der Waals surface area contributed by atoms with Crippen LogP contribution in [0.4, 0.5) is 0 Å². The largest absolute Gasteiger partial charge is 0.462 e. The molecule has 1 heterocycles. The van der Waals surface area contributed by atoms with Gasteiger partial charge in [0, 0.05) is 12.0 Å². The first-order valence-corrected chi connectivity index (χ1v) is 3.73. The van der Waals surface area contributed by atoms with E-state index in [0.717, 1.165) is 6.42 Å². The minimum Gasteiger partial charge on any atom is -0.462 e. The lowest BCUT2D eigenvalue weighted by Gasteiger charge is -2.16. The van der Waals surface area contributed by atoms with Crippen LogP contribution in [-0.2, 0) is 9.53 Å². The lowest BCUT2D eigenvalue weighted by molar-refractivity contribution is -0.139. The van der Waals surface area contributed by atoms with Crippen molar-refractivity contribution in [3.63, 3.8) is 0 Å². The number of hydrogen-bond acceptors (Lipinski definition) is 2. The second kappa shape index (κ2) is 2.11. The molecule has 1 aliphatic heterocycles. The Bertz CT molecular complexity index is 193. The minimum absolute atomic E-state index is 0.145. The number of rotatable bonds is 0. The molecule has 2 aliphatic rings. The van der Waals surface area contributed by atoms with Gasteiger partial charge < -0.3 is 4.74 Å². The van der Waals surface area contributed by atoms with Gasteiger partial charge in [0.2, 0.25) is 0 Å². The third kappa shape index (κ3) is 0.838. The molecule has 0 aromatic carbocycles. The number of carbonyl (C=O) groups excluding carboxylic acids is 1. The van der Waals surface area contributed by atoms with Crippen LogP contribution < -0.4 is 0 Å². The number of carbonyl (C=O) groups is 1. The predicted octanol–water partition coefficient (Wildman–Crippen LogP) is 1.27. The summed E-state index contributed by atoms with van der Waals surface area (Å²) in [6, 6.07) is 0. The van der Waals surface area contributed by atoms with Crippen LogP contribution in [0, 0.1) is 5.92 Å². The van der Waals surface area contributed by atoms with E-state index in [1.165, 1.54) is 18.4 Å². The smallest absolute Gasteiger partial charge is 0.330 e. The number of cyclic esters (lactones) is 1. The Morgan fingerprint density at radius 1 is 1.60 bits per heavy atom. The van der Waals surface area contributed by atoms with Crippen LogP contribution in [0.15, 0.2) is 11.6 Å². The van der Waals surface area contributed by atoms with E-state index < -0.39 is 0 Å². The fourth-order valence-electron chi connectivity index (χ4n) is 1.70. The SMILES string of the molecule is O=C1C=C2CCCC2CO1. The molecule has 1 saturated carbocycles. The van der Waals surface area contributed by atoms with Gasteiger partial charge in [-0.25, -0.2) is 4.79 Å². The molecule has 0 bridgehead atoms. The second-order valence-electron chi connectivity index (χ2n) is 2.94. The van der Waals surface area contributed by atoms with Gasteiger partial charge in [-0.15, -0.1) is 0 Å². The molecule has 10 heavy (non-hydrogen) atoms. The van der Waals surface area contributed by atoms with Crippen LogP contribution in [0.25, 0.3) is 0 Å². The van der Waals surface area contributed by atoms with Crippen molar-refractivity contribution < 1.29 is 9.53 Å². The molecular weight excluding hydrogens is 128 g/mol. The van der Waals surface area contributed by atoms with Crippen LogP contribution >= 0.6 is 0 Å². The molecule has 1 atom stereocenters. The van der Waals surface area contributed by atoms with Gasteiger partial charge in [-0.1, -0.05) is 5.57 Å². The topological polar surface area (TPSA) is 26.3 Å². The summed E-state index contributed by atoms with van der Waals surface area (Å²) in [4.78, 5) is 10.7. The third-order valence-electron chi connectivity index (χ3n) is 2.27. The predicted molar refractivity (Wildman–Crippen MR) is 36.4 cm³/mol. The number of hydrogen-bond donors (Lipinski definition) is 0. The Labute approximate surface area is 59.9 Å². The highest BCUT2D eigenvalue weighted by molar-refractivity contribution is 5.83. The van der Waals surface area contributed by atoms with Gasteiger partial charge in [-0.2, -0.15) is 0 Å². The lowest BCUT2D eigenvalue weighted by atomic mass is 10.0. The van der Waals surface area contributed by atoms with Gasteiger partial charge >= 0.3 is 5.97 Å². The summed E-state index contributed by atoms with van der Waals surface area (Å²) in [5.41, 5.74) is 1.32. The van der Waals surface area contributed by atoms with Crippen LogP contribution in [-0.4, -0.2) is 12.6 Å². The van der Waals surface area contributed by atoms with Crippen molar-refractivity contribution in [2.45, 2.75) is 19.3 Å². The minimum atomic E-state index is -0.145. The van der Waals surface area contributed by atoms with Crippen molar-refractivity contribution in [2.24, 2.45) is 5.92 Å². The van der Waals surface area contributed by atoms with Crippen LogP contribution in [0.3, 0.4) is 0 Å². The summed E-state index contributed by atoms with van der Waals surface area (Å²) in [7, 11) is 0. The standard InChI is InChI=1S/C8H10O2/c9-8-4-6-2-1-3-7(6)5-10-8/h4,7H,1-3,5H2. The maximum absolute atomic E-state index is 10.7. The van der Waals surface area contributed by atoms with Crippen LogP contribution in [0.5, 0.6) is 0 Å². The zero-order valence-corrected chi connectivity index (χ0v) is 5.80. The summed E-state index contributed by atoms with van der Waals surface area (Å²) in [5.74, 6) is 0.422. The van der Waals surface area contributed by atoms with Crippen molar-refractivity contribution in [3.8, 4) is 0 Å². The highest BCUT2D eigenvalue weighted by Crippen LogP contribution is 2.33. The summed E-state index contributed by atoms with van der Waals surface area (Å²) >= 11 is 0. The maximum atomic E-state index is 10.7. The summed E-state index contributed by atoms with van der Waals surface area (Å²) < 4.78 is 4.88. The zero-order valence-electron chi connectivity index (χ0n) is 5.80. The van der Waals surface area contributed by atoms with Gasteiger partial charge in [0.15, 0.2) is 0 Å². The van der Waals surface area contributed by atoms with Crippen LogP contribution in [0.2, 0.25) is 0 Å². The molecule has 0 aromatic heterocycles. The van der Waals surface area contributed by atoms with Crippen molar-refractivity contribution in [1.82, 2.24) is 0 Å². The van der Waals surface area contributed by atoms with E-state index in [9.17, 15) is 4.79 Å². The van der Waals surface area contributed by atoms with Crippen molar-refractivity contribution in [1.29, 1.82) is 0 Å². The quantitative estimate of drug-likeness (QED) is 0.471. The summed E-state index contributed by atoms with van der Waals surface area (Å²) in [6.07, 6.45) is 5.22. The highest BCUT2D eigenvalue weighted by atomic mass is 16.5. The van der Waals surface area contributed by atoms with Gasteiger partial charge in [-0.05, 0) is 19.3 Å². The number of esters is 1. The van der Waals surface area contributed by atoms with E-state index >= 15 is 0 Å². The van der Waals surface area contributed by atoms with E-state index in [-0.39, 0.29) is 5.97 Å². The monoisotopic (exact) mass is 138 g/mol. The molecule has 0 aromatic rings. The lowest BCUT2D eigenvalue weighted by Crippen LogP contribution is -2.17.